The van der Waals surface area contributed by atoms with Crippen molar-refractivity contribution in [1.29, 1.82) is 0 Å². The number of carboxylic acid groups (broad SMARTS) is 1. The molecule has 0 spiro atoms. The molecule has 0 saturated carbocycles. The Kier molecular flexibility index (Phi) is 4.05. The molecule has 0 unspecified atom stereocenters. The van der Waals surface area contributed by atoms with E-state index in [9.17, 15) is 14.7 Å². The third kappa shape index (κ3) is 2.80. The Bertz CT molecular complexity index is 663. The standard InChI is InChI=1S/C14H13NO4S/c1-8-7-10(14(17)18)13(20-8)15-12(16)9-5-3-4-6-11(9)19-2/h3-7H,1-2H3,(H,15,16)(H,17,18)/p-1. The molecule has 1 aromatic heterocycles. The molecule has 0 radical (unpaired) electrons. The summed E-state index contributed by atoms with van der Waals surface area (Å²) in [5, 5.41) is 13.8. The summed E-state index contributed by atoms with van der Waals surface area (Å²) in [4.78, 5) is 24.0. The summed E-state index contributed by atoms with van der Waals surface area (Å²) in [6.45, 7) is 1.76. The number of carbonyl (C=O) groups excluding carboxylic acids is 2. The first-order chi connectivity index (χ1) is 9.52. The highest BCUT2D eigenvalue weighted by atomic mass is 32.1. The lowest BCUT2D eigenvalue weighted by atomic mass is 10.2. The maximum absolute atomic E-state index is 12.2. The lowest BCUT2D eigenvalue weighted by Crippen LogP contribution is -2.23. The van der Waals surface area contributed by atoms with Crippen LogP contribution in [0.5, 0.6) is 5.75 Å². The zero-order valence-corrected chi connectivity index (χ0v) is 11.7. The number of methoxy groups -OCH3 is 1. The molecule has 2 rings (SSSR count). The van der Waals surface area contributed by atoms with E-state index >= 15 is 0 Å². The molecule has 20 heavy (non-hydrogen) atoms. The predicted molar refractivity (Wildman–Crippen MR) is 74.3 cm³/mol. The lowest BCUT2D eigenvalue weighted by molar-refractivity contribution is -0.254. The summed E-state index contributed by atoms with van der Waals surface area (Å²) in [5.74, 6) is -1.32. The van der Waals surface area contributed by atoms with E-state index in [1.807, 2.05) is 0 Å². The number of ether oxygens (including phenoxy) is 1. The summed E-state index contributed by atoms with van der Waals surface area (Å²) in [5.41, 5.74) is 0.320. The number of aromatic carboxylic acids is 1. The minimum Gasteiger partial charge on any atom is -0.545 e. The first kappa shape index (κ1) is 14.1. The zero-order chi connectivity index (χ0) is 14.7. The zero-order valence-electron chi connectivity index (χ0n) is 10.9. The van der Waals surface area contributed by atoms with Crippen LogP contribution in [0.1, 0.15) is 25.6 Å². The molecule has 0 atom stereocenters. The van der Waals surface area contributed by atoms with Gasteiger partial charge in [-0.05, 0) is 25.1 Å². The smallest absolute Gasteiger partial charge is 0.260 e. The lowest BCUT2D eigenvalue weighted by Gasteiger charge is -2.09. The summed E-state index contributed by atoms with van der Waals surface area (Å²) in [6.07, 6.45) is 0. The fourth-order valence-corrected chi connectivity index (χ4v) is 2.66. The Morgan fingerprint density at radius 1 is 1.25 bits per heavy atom. The van der Waals surface area contributed by atoms with Gasteiger partial charge in [0.25, 0.3) is 5.91 Å². The molecule has 0 fully saturated rings. The van der Waals surface area contributed by atoms with Crippen molar-refractivity contribution in [1.82, 2.24) is 0 Å². The van der Waals surface area contributed by atoms with Crippen LogP contribution < -0.4 is 15.2 Å². The van der Waals surface area contributed by atoms with Crippen molar-refractivity contribution in [3.8, 4) is 5.75 Å². The molecule has 1 N–H and O–H groups in total. The normalized spacial score (nSPS) is 10.1. The van der Waals surface area contributed by atoms with Gasteiger partial charge < -0.3 is 20.0 Å². The second-order valence-electron chi connectivity index (χ2n) is 4.04. The molecule has 6 heteroatoms. The van der Waals surface area contributed by atoms with Crippen molar-refractivity contribution in [2.45, 2.75) is 6.92 Å². The third-order valence-electron chi connectivity index (χ3n) is 2.65. The van der Waals surface area contributed by atoms with Gasteiger partial charge >= 0.3 is 0 Å². The highest BCUT2D eigenvalue weighted by Gasteiger charge is 2.15. The van der Waals surface area contributed by atoms with Crippen molar-refractivity contribution in [2.24, 2.45) is 0 Å². The van der Waals surface area contributed by atoms with E-state index in [1.165, 1.54) is 24.5 Å². The topological polar surface area (TPSA) is 78.5 Å². The van der Waals surface area contributed by atoms with Gasteiger partial charge in [-0.25, -0.2) is 0 Å². The molecule has 104 valence electrons. The summed E-state index contributed by atoms with van der Waals surface area (Å²) in [6, 6.07) is 8.19. The van der Waals surface area contributed by atoms with E-state index in [2.05, 4.69) is 5.32 Å². The summed E-state index contributed by atoms with van der Waals surface area (Å²) in [7, 11) is 1.47. The third-order valence-corrected chi connectivity index (χ3v) is 3.62. The van der Waals surface area contributed by atoms with Gasteiger partial charge in [0.2, 0.25) is 0 Å². The van der Waals surface area contributed by atoms with Crippen molar-refractivity contribution < 1.29 is 19.4 Å². The minimum atomic E-state index is -1.32. The highest BCUT2D eigenvalue weighted by molar-refractivity contribution is 7.16. The number of anilines is 1. The van der Waals surface area contributed by atoms with Crippen LogP contribution in [0.25, 0.3) is 0 Å². The van der Waals surface area contributed by atoms with Gasteiger partial charge in [0.15, 0.2) is 0 Å². The van der Waals surface area contributed by atoms with Crippen LogP contribution in [0.4, 0.5) is 5.00 Å². The number of aryl methyl sites for hydroxylation is 1. The van der Waals surface area contributed by atoms with Gasteiger partial charge in [-0.1, -0.05) is 12.1 Å². The van der Waals surface area contributed by atoms with Gasteiger partial charge in [0, 0.05) is 10.4 Å². The maximum Gasteiger partial charge on any atom is 0.260 e. The maximum atomic E-state index is 12.2. The summed E-state index contributed by atoms with van der Waals surface area (Å²) < 4.78 is 5.10. The number of amides is 1. The number of thiophene rings is 1. The molecular weight excluding hydrogens is 278 g/mol. The molecule has 0 aliphatic carbocycles. The molecule has 0 aliphatic heterocycles. The second-order valence-corrected chi connectivity index (χ2v) is 5.30. The first-order valence-electron chi connectivity index (χ1n) is 5.79. The number of carbonyl (C=O) groups is 2. The monoisotopic (exact) mass is 290 g/mol. The number of hydrogen-bond donors (Lipinski definition) is 1. The Balaban J connectivity index is 2.30. The molecule has 1 aromatic carbocycles. The number of hydrogen-bond acceptors (Lipinski definition) is 5. The molecule has 1 heterocycles. The van der Waals surface area contributed by atoms with Crippen molar-refractivity contribution >= 4 is 28.2 Å². The van der Waals surface area contributed by atoms with Crippen molar-refractivity contribution in [2.75, 3.05) is 12.4 Å². The number of para-hydroxylation sites is 1. The predicted octanol–water partition coefficient (Wildman–Crippen LogP) is 1.68. The van der Waals surface area contributed by atoms with Gasteiger partial charge in [0.1, 0.15) is 10.8 Å². The van der Waals surface area contributed by atoms with Gasteiger partial charge in [-0.15, -0.1) is 11.3 Å². The average Bonchev–Trinajstić information content (AvgIpc) is 2.79. The average molecular weight is 290 g/mol. The molecule has 0 aliphatic rings. The highest BCUT2D eigenvalue weighted by Crippen LogP contribution is 2.28. The van der Waals surface area contributed by atoms with Crippen molar-refractivity contribution in [3.63, 3.8) is 0 Å². The first-order valence-corrected chi connectivity index (χ1v) is 6.60. The SMILES string of the molecule is COc1ccccc1C(=O)Nc1sc(C)cc1C(=O)[O-]. The van der Waals surface area contributed by atoms with Gasteiger partial charge in [-0.2, -0.15) is 0 Å². The van der Waals surface area contributed by atoms with E-state index in [4.69, 9.17) is 4.74 Å². The van der Waals surface area contributed by atoms with E-state index < -0.39 is 11.9 Å². The molecule has 5 nitrogen and oxygen atoms in total. The molecule has 0 bridgehead atoms. The second kappa shape index (κ2) is 5.75. The fraction of sp³-hybridized carbons (Fsp3) is 0.143. The quantitative estimate of drug-likeness (QED) is 0.929. The van der Waals surface area contributed by atoms with Crippen LogP contribution in [-0.4, -0.2) is 19.0 Å². The fourth-order valence-electron chi connectivity index (χ4n) is 1.76. The Morgan fingerprint density at radius 3 is 2.60 bits per heavy atom. The van der Waals surface area contributed by atoms with E-state index in [0.29, 0.717) is 11.3 Å². The number of benzene rings is 1. The van der Waals surface area contributed by atoms with E-state index in [1.54, 1.807) is 31.2 Å². The molecule has 1 amide bonds. The van der Waals surface area contributed by atoms with Crippen molar-refractivity contribution in [3.05, 3.63) is 46.3 Å². The van der Waals surface area contributed by atoms with Crippen LogP contribution in [0.3, 0.4) is 0 Å². The van der Waals surface area contributed by atoms with E-state index in [-0.39, 0.29) is 10.6 Å². The van der Waals surface area contributed by atoms with E-state index in [0.717, 1.165) is 4.88 Å². The minimum absolute atomic E-state index is 0.0178. The van der Waals surface area contributed by atoms with Crippen LogP contribution in [-0.2, 0) is 0 Å². The number of nitrogens with one attached hydrogen (secondary N) is 1. The Morgan fingerprint density at radius 2 is 1.95 bits per heavy atom. The van der Waals surface area contributed by atoms with Crippen LogP contribution in [0.2, 0.25) is 0 Å². The molecule has 0 saturated heterocycles. The molecule has 2 aromatic rings. The largest absolute Gasteiger partial charge is 0.545 e. The molecular formula is C14H12NO4S-. The number of carboxylic acids is 1. The summed E-state index contributed by atoms with van der Waals surface area (Å²) >= 11 is 1.19. The van der Waals surface area contributed by atoms with Gasteiger partial charge in [0.05, 0.1) is 18.6 Å². The Labute approximate surface area is 119 Å². The number of rotatable bonds is 4. The van der Waals surface area contributed by atoms with Gasteiger partial charge in [-0.3, -0.25) is 4.79 Å². The Hall–Kier alpha value is -2.34. The van der Waals surface area contributed by atoms with Crippen LogP contribution >= 0.6 is 11.3 Å². The van der Waals surface area contributed by atoms with Crippen LogP contribution in [0.15, 0.2) is 30.3 Å². The van der Waals surface area contributed by atoms with Crippen LogP contribution in [0, 0.1) is 6.92 Å².